The molecule has 3 heterocycles. The SMILES string of the molecule is CN(C)CCCN1CC(C(=O)N(C)Cc2csc(CN3CCOCC3)n2)CC1=O. The molecule has 8 nitrogen and oxygen atoms in total. The third kappa shape index (κ3) is 6.47. The van der Waals surface area contributed by atoms with Crippen LogP contribution in [0.15, 0.2) is 5.38 Å². The number of likely N-dealkylation sites (tertiary alicyclic amines) is 1. The fraction of sp³-hybridized carbons (Fsp3) is 0.750. The normalized spacial score (nSPS) is 20.6. The van der Waals surface area contributed by atoms with Crippen molar-refractivity contribution in [1.29, 1.82) is 0 Å². The second-order valence-corrected chi connectivity index (χ2v) is 9.16. The molecule has 3 rings (SSSR count). The molecule has 0 saturated carbocycles. The van der Waals surface area contributed by atoms with Gasteiger partial charge in [0.1, 0.15) is 5.01 Å². The zero-order valence-corrected chi connectivity index (χ0v) is 18.6. The lowest BCUT2D eigenvalue weighted by Gasteiger charge is -2.25. The maximum Gasteiger partial charge on any atom is 0.228 e. The number of thiazole rings is 1. The molecule has 2 amide bonds. The molecule has 0 bridgehead atoms. The molecule has 2 fully saturated rings. The number of carbonyl (C=O) groups excluding carboxylic acids is 2. The van der Waals surface area contributed by atoms with E-state index in [2.05, 4.69) is 9.80 Å². The molecule has 0 aliphatic carbocycles. The molecule has 1 aromatic rings. The number of rotatable bonds is 9. The summed E-state index contributed by atoms with van der Waals surface area (Å²) in [6.45, 7) is 6.97. The van der Waals surface area contributed by atoms with Gasteiger partial charge >= 0.3 is 0 Å². The van der Waals surface area contributed by atoms with Gasteiger partial charge in [-0.1, -0.05) is 0 Å². The summed E-state index contributed by atoms with van der Waals surface area (Å²) in [5.41, 5.74) is 0.918. The summed E-state index contributed by atoms with van der Waals surface area (Å²) in [5, 5.41) is 3.11. The average Bonchev–Trinajstić information content (AvgIpc) is 3.28. The number of hydrogen-bond acceptors (Lipinski definition) is 7. The van der Waals surface area contributed by atoms with Crippen molar-refractivity contribution in [2.45, 2.75) is 25.9 Å². The van der Waals surface area contributed by atoms with E-state index in [1.165, 1.54) is 0 Å². The van der Waals surface area contributed by atoms with E-state index in [1.54, 1.807) is 16.2 Å². The summed E-state index contributed by atoms with van der Waals surface area (Å²) >= 11 is 1.64. The Kier molecular flexibility index (Phi) is 7.99. The highest BCUT2D eigenvalue weighted by Gasteiger charge is 2.35. The van der Waals surface area contributed by atoms with E-state index in [1.807, 2.05) is 31.4 Å². The summed E-state index contributed by atoms with van der Waals surface area (Å²) in [7, 11) is 5.86. The lowest BCUT2D eigenvalue weighted by molar-refractivity contribution is -0.135. The third-order valence-electron chi connectivity index (χ3n) is 5.43. The van der Waals surface area contributed by atoms with Crippen LogP contribution < -0.4 is 0 Å². The molecule has 1 unspecified atom stereocenters. The molecular weight excluding hydrogens is 390 g/mol. The summed E-state index contributed by atoms with van der Waals surface area (Å²) < 4.78 is 5.39. The smallest absolute Gasteiger partial charge is 0.228 e. The van der Waals surface area contributed by atoms with Gasteiger partial charge in [0.15, 0.2) is 0 Å². The Morgan fingerprint density at radius 2 is 2.07 bits per heavy atom. The number of aromatic nitrogens is 1. The molecule has 0 radical (unpaired) electrons. The molecule has 1 atom stereocenters. The van der Waals surface area contributed by atoms with Crippen molar-refractivity contribution >= 4 is 23.2 Å². The van der Waals surface area contributed by atoms with E-state index in [9.17, 15) is 9.59 Å². The van der Waals surface area contributed by atoms with Crippen molar-refractivity contribution in [3.63, 3.8) is 0 Å². The highest BCUT2D eigenvalue weighted by molar-refractivity contribution is 7.09. The summed E-state index contributed by atoms with van der Waals surface area (Å²) in [4.78, 5) is 37.8. The van der Waals surface area contributed by atoms with E-state index in [4.69, 9.17) is 9.72 Å². The highest BCUT2D eigenvalue weighted by atomic mass is 32.1. The number of morpholine rings is 1. The van der Waals surface area contributed by atoms with Crippen molar-refractivity contribution < 1.29 is 14.3 Å². The minimum atomic E-state index is -0.238. The second-order valence-electron chi connectivity index (χ2n) is 8.21. The van der Waals surface area contributed by atoms with Crippen molar-refractivity contribution in [3.05, 3.63) is 16.1 Å². The fourth-order valence-corrected chi connectivity index (χ4v) is 4.64. The van der Waals surface area contributed by atoms with Gasteiger partial charge in [0.2, 0.25) is 11.8 Å². The molecule has 0 aromatic carbocycles. The Balaban J connectivity index is 1.46. The van der Waals surface area contributed by atoms with Crippen molar-refractivity contribution in [3.8, 4) is 0 Å². The van der Waals surface area contributed by atoms with Crippen molar-refractivity contribution in [2.75, 3.05) is 67.1 Å². The lowest BCUT2D eigenvalue weighted by atomic mass is 10.1. The van der Waals surface area contributed by atoms with E-state index in [0.717, 1.165) is 63.1 Å². The maximum absolute atomic E-state index is 12.8. The molecular formula is C20H33N5O3S. The van der Waals surface area contributed by atoms with Crippen LogP contribution in [-0.4, -0.2) is 103 Å². The van der Waals surface area contributed by atoms with Crippen LogP contribution in [0.4, 0.5) is 0 Å². The molecule has 2 aliphatic rings. The summed E-state index contributed by atoms with van der Waals surface area (Å²) in [5.74, 6) is -0.105. The van der Waals surface area contributed by atoms with Crippen LogP contribution in [0.2, 0.25) is 0 Å². The van der Waals surface area contributed by atoms with E-state index in [0.29, 0.717) is 19.5 Å². The van der Waals surface area contributed by atoms with E-state index >= 15 is 0 Å². The number of amides is 2. The standard InChI is InChI=1S/C20H33N5O3S/c1-22(2)5-4-6-25-12-16(11-19(25)26)20(27)23(3)13-17-15-29-18(21-17)14-24-7-9-28-10-8-24/h15-16H,4-14H2,1-3H3. The van der Waals surface area contributed by atoms with Crippen LogP contribution in [-0.2, 0) is 27.4 Å². The third-order valence-corrected chi connectivity index (χ3v) is 6.32. The van der Waals surface area contributed by atoms with Gasteiger partial charge in [-0.05, 0) is 27.1 Å². The first kappa shape index (κ1) is 22.1. The van der Waals surface area contributed by atoms with Gasteiger partial charge in [0.05, 0.1) is 37.9 Å². The summed E-state index contributed by atoms with van der Waals surface area (Å²) in [6, 6.07) is 0. The molecule has 1 aromatic heterocycles. The van der Waals surface area contributed by atoms with Gasteiger partial charge in [0, 0.05) is 45.0 Å². The maximum atomic E-state index is 12.8. The Morgan fingerprint density at radius 1 is 1.31 bits per heavy atom. The van der Waals surface area contributed by atoms with Gasteiger partial charge in [0.25, 0.3) is 0 Å². The number of nitrogens with zero attached hydrogens (tertiary/aromatic N) is 5. The van der Waals surface area contributed by atoms with Gasteiger partial charge in [-0.3, -0.25) is 14.5 Å². The first-order valence-corrected chi connectivity index (χ1v) is 11.2. The molecule has 0 N–H and O–H groups in total. The molecule has 0 spiro atoms. The largest absolute Gasteiger partial charge is 0.379 e. The number of hydrogen-bond donors (Lipinski definition) is 0. The van der Waals surface area contributed by atoms with Gasteiger partial charge in [-0.15, -0.1) is 11.3 Å². The first-order valence-electron chi connectivity index (χ1n) is 10.3. The van der Waals surface area contributed by atoms with Crippen LogP contribution >= 0.6 is 11.3 Å². The van der Waals surface area contributed by atoms with Crippen LogP contribution in [0.3, 0.4) is 0 Å². The number of carbonyl (C=O) groups is 2. The molecule has 2 aliphatic heterocycles. The minimum absolute atomic E-state index is 0.0381. The predicted molar refractivity (Wildman–Crippen MR) is 113 cm³/mol. The molecule has 9 heteroatoms. The van der Waals surface area contributed by atoms with Crippen LogP contribution in [0, 0.1) is 5.92 Å². The quantitative estimate of drug-likeness (QED) is 0.583. The molecule has 162 valence electrons. The fourth-order valence-electron chi connectivity index (χ4n) is 3.81. The lowest BCUT2D eigenvalue weighted by Crippen LogP contribution is -2.35. The zero-order valence-electron chi connectivity index (χ0n) is 17.8. The van der Waals surface area contributed by atoms with Crippen molar-refractivity contribution in [2.24, 2.45) is 5.92 Å². The minimum Gasteiger partial charge on any atom is -0.379 e. The summed E-state index contributed by atoms with van der Waals surface area (Å²) in [6.07, 6.45) is 1.25. The van der Waals surface area contributed by atoms with Crippen LogP contribution in [0.25, 0.3) is 0 Å². The Hall–Kier alpha value is -1.55. The second kappa shape index (κ2) is 10.5. The van der Waals surface area contributed by atoms with Gasteiger partial charge in [-0.25, -0.2) is 4.98 Å². The van der Waals surface area contributed by atoms with Crippen LogP contribution in [0.1, 0.15) is 23.5 Å². The topological polar surface area (TPSA) is 69.2 Å². The van der Waals surface area contributed by atoms with Gasteiger partial charge < -0.3 is 19.4 Å². The Bertz CT molecular complexity index is 689. The Morgan fingerprint density at radius 3 is 2.79 bits per heavy atom. The predicted octanol–water partition coefficient (Wildman–Crippen LogP) is 0.734. The van der Waals surface area contributed by atoms with Gasteiger partial charge in [-0.2, -0.15) is 0 Å². The van der Waals surface area contributed by atoms with E-state index < -0.39 is 0 Å². The van der Waals surface area contributed by atoms with Crippen LogP contribution in [0.5, 0.6) is 0 Å². The van der Waals surface area contributed by atoms with E-state index in [-0.39, 0.29) is 17.7 Å². The zero-order chi connectivity index (χ0) is 20.8. The number of ether oxygens (including phenoxy) is 1. The van der Waals surface area contributed by atoms with Crippen molar-refractivity contribution in [1.82, 2.24) is 24.6 Å². The molecule has 29 heavy (non-hydrogen) atoms. The highest BCUT2D eigenvalue weighted by Crippen LogP contribution is 2.21. The Labute approximate surface area is 177 Å². The molecule has 2 saturated heterocycles. The monoisotopic (exact) mass is 423 g/mol. The average molecular weight is 424 g/mol. The first-order chi connectivity index (χ1) is 13.9.